The van der Waals surface area contributed by atoms with Gasteiger partial charge in [-0.2, -0.15) is 0 Å². The summed E-state index contributed by atoms with van der Waals surface area (Å²) in [5, 5.41) is 0. The van der Waals surface area contributed by atoms with Crippen LogP contribution in [0.25, 0.3) is 0 Å². The predicted octanol–water partition coefficient (Wildman–Crippen LogP) is 4.08. The van der Waals surface area contributed by atoms with E-state index in [4.69, 9.17) is 4.74 Å². The van der Waals surface area contributed by atoms with E-state index in [1.54, 1.807) is 30.3 Å². The molecule has 0 amide bonds. The fraction of sp³-hybridized carbons (Fsp3) is 0.176. The van der Waals surface area contributed by atoms with Crippen LogP contribution in [0.3, 0.4) is 0 Å². The normalized spacial score (nSPS) is 10.3. The number of halogens is 1. The molecule has 0 heterocycles. The van der Waals surface area contributed by atoms with Crippen LogP contribution in [0, 0.1) is 13.8 Å². The Labute approximate surface area is 132 Å². The minimum absolute atomic E-state index is 0.195. The van der Waals surface area contributed by atoms with E-state index < -0.39 is 5.97 Å². The van der Waals surface area contributed by atoms with Crippen molar-refractivity contribution in [1.29, 1.82) is 0 Å². The second-order valence-electron chi connectivity index (χ2n) is 4.81. The summed E-state index contributed by atoms with van der Waals surface area (Å²) in [5.74, 6) is -0.698. The van der Waals surface area contributed by atoms with Crippen molar-refractivity contribution in [3.8, 4) is 0 Å². The van der Waals surface area contributed by atoms with Crippen LogP contribution in [0.5, 0.6) is 0 Å². The fourth-order valence-electron chi connectivity index (χ4n) is 2.07. The number of benzene rings is 2. The summed E-state index contributed by atoms with van der Waals surface area (Å²) < 4.78 is 5.60. The zero-order valence-electron chi connectivity index (χ0n) is 12.1. The number of aryl methyl sites for hydroxylation is 2. The lowest BCUT2D eigenvalue weighted by atomic mass is 9.94. The maximum absolute atomic E-state index is 12.7. The van der Waals surface area contributed by atoms with Crippen molar-refractivity contribution in [2.75, 3.05) is 7.11 Å². The van der Waals surface area contributed by atoms with Gasteiger partial charge in [0.1, 0.15) is 0 Å². The van der Waals surface area contributed by atoms with E-state index in [-0.39, 0.29) is 5.78 Å². The number of carbonyl (C=O) groups excluding carboxylic acids is 2. The first-order valence-corrected chi connectivity index (χ1v) is 7.23. The first-order valence-electron chi connectivity index (χ1n) is 6.44. The van der Waals surface area contributed by atoms with Crippen LogP contribution in [-0.2, 0) is 4.74 Å². The Kier molecular flexibility index (Phi) is 4.58. The van der Waals surface area contributed by atoms with Gasteiger partial charge in [0, 0.05) is 15.6 Å². The Morgan fingerprint density at radius 1 is 1.00 bits per heavy atom. The fourth-order valence-corrected chi connectivity index (χ4v) is 2.47. The molecule has 21 heavy (non-hydrogen) atoms. The first kappa shape index (κ1) is 15.4. The zero-order valence-corrected chi connectivity index (χ0v) is 13.7. The summed E-state index contributed by atoms with van der Waals surface area (Å²) >= 11 is 3.35. The average Bonchev–Trinajstić information content (AvgIpc) is 2.48. The van der Waals surface area contributed by atoms with E-state index in [0.29, 0.717) is 16.7 Å². The van der Waals surface area contributed by atoms with Gasteiger partial charge in [-0.3, -0.25) is 4.79 Å². The SMILES string of the molecule is COC(=O)c1cc(C)c(C)cc1C(=O)c1cccc(Br)c1. The molecule has 0 aliphatic rings. The van der Waals surface area contributed by atoms with Gasteiger partial charge < -0.3 is 4.74 Å². The third-order valence-corrected chi connectivity index (χ3v) is 3.86. The molecule has 0 atom stereocenters. The van der Waals surface area contributed by atoms with Crippen molar-refractivity contribution in [2.45, 2.75) is 13.8 Å². The van der Waals surface area contributed by atoms with Crippen molar-refractivity contribution >= 4 is 27.7 Å². The largest absolute Gasteiger partial charge is 0.465 e. The Morgan fingerprint density at radius 2 is 1.62 bits per heavy atom. The Hall–Kier alpha value is -1.94. The highest BCUT2D eigenvalue weighted by Gasteiger charge is 2.20. The summed E-state index contributed by atoms with van der Waals surface area (Å²) in [7, 11) is 1.31. The zero-order chi connectivity index (χ0) is 15.6. The summed E-state index contributed by atoms with van der Waals surface area (Å²) in [4.78, 5) is 24.6. The molecule has 0 saturated heterocycles. The molecule has 0 aromatic heterocycles. The van der Waals surface area contributed by atoms with E-state index in [1.807, 2.05) is 19.9 Å². The van der Waals surface area contributed by atoms with Gasteiger partial charge in [-0.15, -0.1) is 0 Å². The highest BCUT2D eigenvalue weighted by atomic mass is 79.9. The van der Waals surface area contributed by atoms with E-state index >= 15 is 0 Å². The van der Waals surface area contributed by atoms with Gasteiger partial charge in [0.25, 0.3) is 0 Å². The molecule has 2 aromatic carbocycles. The Balaban J connectivity index is 2.59. The molecular formula is C17H15BrO3. The predicted molar refractivity (Wildman–Crippen MR) is 84.8 cm³/mol. The van der Waals surface area contributed by atoms with Gasteiger partial charge in [0.15, 0.2) is 5.78 Å². The number of esters is 1. The molecule has 0 fully saturated rings. The second-order valence-corrected chi connectivity index (χ2v) is 5.73. The molecule has 0 aliphatic heterocycles. The van der Waals surface area contributed by atoms with Crippen LogP contribution < -0.4 is 0 Å². The highest BCUT2D eigenvalue weighted by Crippen LogP contribution is 2.22. The van der Waals surface area contributed by atoms with Crippen LogP contribution >= 0.6 is 15.9 Å². The molecule has 0 saturated carbocycles. The van der Waals surface area contributed by atoms with Crippen LogP contribution in [-0.4, -0.2) is 18.9 Å². The molecule has 0 radical (unpaired) electrons. The van der Waals surface area contributed by atoms with Crippen LogP contribution in [0.15, 0.2) is 40.9 Å². The molecule has 0 bridgehead atoms. The van der Waals surface area contributed by atoms with Crippen molar-refractivity contribution < 1.29 is 14.3 Å². The van der Waals surface area contributed by atoms with Crippen molar-refractivity contribution in [3.63, 3.8) is 0 Å². The Bertz CT molecular complexity index is 720. The van der Waals surface area contributed by atoms with Crippen LogP contribution in [0.2, 0.25) is 0 Å². The standard InChI is InChI=1S/C17H15BrO3/c1-10-7-14(15(8-11(10)2)17(20)21-3)16(19)12-5-4-6-13(18)9-12/h4-9H,1-3H3. The number of carbonyl (C=O) groups is 2. The second kappa shape index (κ2) is 6.22. The van der Waals surface area contributed by atoms with Crippen LogP contribution in [0.4, 0.5) is 0 Å². The van der Waals surface area contributed by atoms with Crippen molar-refractivity contribution in [2.24, 2.45) is 0 Å². The number of hydrogen-bond donors (Lipinski definition) is 0. The quantitative estimate of drug-likeness (QED) is 0.621. The number of ketones is 1. The van der Waals surface area contributed by atoms with Crippen LogP contribution in [0.1, 0.15) is 37.4 Å². The third kappa shape index (κ3) is 3.22. The summed E-state index contributed by atoms with van der Waals surface area (Å²) in [5.41, 5.74) is 3.09. The van der Waals surface area contributed by atoms with E-state index in [1.165, 1.54) is 7.11 Å². The smallest absolute Gasteiger partial charge is 0.338 e. The third-order valence-electron chi connectivity index (χ3n) is 3.37. The average molecular weight is 347 g/mol. The first-order chi connectivity index (χ1) is 9.93. The lowest BCUT2D eigenvalue weighted by Gasteiger charge is -2.11. The minimum Gasteiger partial charge on any atom is -0.465 e. The lowest BCUT2D eigenvalue weighted by molar-refractivity contribution is 0.0597. The number of methoxy groups -OCH3 is 1. The number of hydrogen-bond acceptors (Lipinski definition) is 3. The molecule has 0 N–H and O–H groups in total. The van der Waals surface area contributed by atoms with Gasteiger partial charge in [0.05, 0.1) is 12.7 Å². The summed E-state index contributed by atoms with van der Waals surface area (Å²) in [6.45, 7) is 3.81. The molecule has 0 unspecified atom stereocenters. The monoisotopic (exact) mass is 346 g/mol. The van der Waals surface area contributed by atoms with Gasteiger partial charge >= 0.3 is 5.97 Å². The van der Waals surface area contributed by atoms with Gasteiger partial charge in [-0.25, -0.2) is 4.79 Å². The lowest BCUT2D eigenvalue weighted by Crippen LogP contribution is -2.12. The molecular weight excluding hydrogens is 332 g/mol. The Morgan fingerprint density at radius 3 is 2.19 bits per heavy atom. The molecule has 2 rings (SSSR count). The van der Waals surface area contributed by atoms with E-state index in [2.05, 4.69) is 15.9 Å². The van der Waals surface area contributed by atoms with Gasteiger partial charge in [-0.05, 0) is 49.2 Å². The maximum atomic E-state index is 12.7. The van der Waals surface area contributed by atoms with Gasteiger partial charge in [-0.1, -0.05) is 28.1 Å². The van der Waals surface area contributed by atoms with Crippen molar-refractivity contribution in [3.05, 3.63) is 68.7 Å². The molecule has 4 heteroatoms. The minimum atomic E-state index is -0.503. The maximum Gasteiger partial charge on any atom is 0.338 e. The molecule has 3 nitrogen and oxygen atoms in total. The molecule has 0 spiro atoms. The van der Waals surface area contributed by atoms with Crippen molar-refractivity contribution in [1.82, 2.24) is 0 Å². The van der Waals surface area contributed by atoms with E-state index in [0.717, 1.165) is 15.6 Å². The summed E-state index contributed by atoms with van der Waals surface area (Å²) in [6, 6.07) is 10.5. The molecule has 108 valence electrons. The number of ether oxygens (including phenoxy) is 1. The van der Waals surface area contributed by atoms with E-state index in [9.17, 15) is 9.59 Å². The topological polar surface area (TPSA) is 43.4 Å². The highest BCUT2D eigenvalue weighted by molar-refractivity contribution is 9.10. The molecule has 0 aliphatic carbocycles. The van der Waals surface area contributed by atoms with Gasteiger partial charge in [0.2, 0.25) is 0 Å². The number of rotatable bonds is 3. The molecule has 2 aromatic rings. The summed E-state index contributed by atoms with van der Waals surface area (Å²) in [6.07, 6.45) is 0.